The maximum absolute atomic E-state index is 2.37. The van der Waals surface area contributed by atoms with Gasteiger partial charge in [-0.15, -0.1) is 0 Å². The van der Waals surface area contributed by atoms with Gasteiger partial charge < -0.3 is 0 Å². The van der Waals surface area contributed by atoms with Crippen molar-refractivity contribution < 1.29 is 0 Å². The van der Waals surface area contributed by atoms with Crippen LogP contribution in [0.15, 0.2) is 0 Å². The van der Waals surface area contributed by atoms with E-state index < -0.39 is 0 Å². The third-order valence-electron chi connectivity index (χ3n) is 5.82. The Morgan fingerprint density at radius 3 is 3.00 bits per heavy atom. The Kier molecular flexibility index (Phi) is 0.811. The molecule has 5 atom stereocenters. The van der Waals surface area contributed by atoms with E-state index in [4.69, 9.17) is 0 Å². The first-order chi connectivity index (χ1) is 5.82. The number of rotatable bonds is 2. The van der Waals surface area contributed by atoms with Gasteiger partial charge in [-0.2, -0.15) is 0 Å². The van der Waals surface area contributed by atoms with Gasteiger partial charge in [0.1, 0.15) is 0 Å². The van der Waals surface area contributed by atoms with Gasteiger partial charge >= 0.3 is 0 Å². The molecule has 66 valence electrons. The van der Waals surface area contributed by atoms with Gasteiger partial charge in [-0.05, 0) is 60.7 Å². The highest BCUT2D eigenvalue weighted by Gasteiger charge is 2.88. The molecule has 5 saturated carbocycles. The minimum absolute atomic E-state index is 0.969. The average Bonchev–Trinajstić information content (AvgIpc) is 2.84. The highest BCUT2D eigenvalue weighted by Crippen LogP contribution is 2.95. The summed E-state index contributed by atoms with van der Waals surface area (Å²) in [6.07, 6.45) is 9.57. The first-order valence-electron chi connectivity index (χ1n) is 5.82. The SMILES string of the molecule is CCCC1C2CC3CC34CC14C2. The molecule has 2 spiro atoms. The van der Waals surface area contributed by atoms with E-state index in [1.807, 2.05) is 0 Å². The van der Waals surface area contributed by atoms with E-state index in [0.29, 0.717) is 0 Å². The molecule has 0 aromatic carbocycles. The van der Waals surface area contributed by atoms with Gasteiger partial charge in [0.2, 0.25) is 0 Å². The van der Waals surface area contributed by atoms with Crippen LogP contribution in [0.4, 0.5) is 0 Å². The summed E-state index contributed by atoms with van der Waals surface area (Å²) in [5, 5.41) is 0. The predicted octanol–water partition coefficient (Wildman–Crippen LogP) is 3.22. The minimum Gasteiger partial charge on any atom is -0.0654 e. The summed E-state index contributed by atoms with van der Waals surface area (Å²) in [6.45, 7) is 2.37. The molecule has 5 fully saturated rings. The lowest BCUT2D eigenvalue weighted by molar-refractivity contribution is -0.0174. The third-order valence-corrected chi connectivity index (χ3v) is 5.82. The van der Waals surface area contributed by atoms with Gasteiger partial charge in [0, 0.05) is 0 Å². The van der Waals surface area contributed by atoms with E-state index in [2.05, 4.69) is 6.92 Å². The molecule has 0 saturated heterocycles. The van der Waals surface area contributed by atoms with Gasteiger partial charge in [0.05, 0.1) is 0 Å². The van der Waals surface area contributed by atoms with Crippen LogP contribution in [-0.4, -0.2) is 0 Å². The van der Waals surface area contributed by atoms with E-state index in [9.17, 15) is 0 Å². The lowest BCUT2D eigenvalue weighted by Gasteiger charge is -2.50. The van der Waals surface area contributed by atoms with Gasteiger partial charge in [0.25, 0.3) is 0 Å². The maximum Gasteiger partial charge on any atom is -0.0199 e. The van der Waals surface area contributed by atoms with Crippen molar-refractivity contribution in [2.24, 2.45) is 28.6 Å². The molecule has 0 heterocycles. The molecule has 5 unspecified atom stereocenters. The summed E-state index contributed by atoms with van der Waals surface area (Å²) in [7, 11) is 0. The second kappa shape index (κ2) is 1.51. The van der Waals surface area contributed by atoms with Crippen LogP contribution in [0.2, 0.25) is 0 Å². The summed E-state index contributed by atoms with van der Waals surface area (Å²) < 4.78 is 0. The van der Waals surface area contributed by atoms with Crippen LogP contribution in [0, 0.1) is 28.6 Å². The van der Waals surface area contributed by atoms with Crippen LogP contribution in [0.3, 0.4) is 0 Å². The Balaban J connectivity index is 1.68. The van der Waals surface area contributed by atoms with Crippen LogP contribution in [0.25, 0.3) is 0 Å². The molecule has 0 N–H and O–H groups in total. The lowest BCUT2D eigenvalue weighted by atomic mass is 9.54. The molecular formula is C12H18. The minimum atomic E-state index is 0.969. The predicted molar refractivity (Wildman–Crippen MR) is 48.7 cm³/mol. The van der Waals surface area contributed by atoms with E-state index in [-0.39, 0.29) is 0 Å². The fourth-order valence-electron chi connectivity index (χ4n) is 5.30. The second-order valence-corrected chi connectivity index (χ2v) is 5.99. The fourth-order valence-corrected chi connectivity index (χ4v) is 5.30. The maximum atomic E-state index is 2.37. The molecule has 2 bridgehead atoms. The summed E-state index contributed by atoms with van der Waals surface area (Å²) in [5.74, 6) is 3.61. The van der Waals surface area contributed by atoms with Crippen LogP contribution in [0.5, 0.6) is 0 Å². The summed E-state index contributed by atoms with van der Waals surface area (Å²) in [6, 6.07) is 0. The largest absolute Gasteiger partial charge is 0.0654 e. The van der Waals surface area contributed by atoms with Crippen molar-refractivity contribution in [1.29, 1.82) is 0 Å². The Morgan fingerprint density at radius 1 is 1.25 bits per heavy atom. The molecule has 5 aliphatic rings. The van der Waals surface area contributed by atoms with E-state index in [1.165, 1.54) is 24.2 Å². The number of hydrogen-bond donors (Lipinski definition) is 0. The highest BCUT2D eigenvalue weighted by molar-refractivity contribution is 5.36. The zero-order valence-corrected chi connectivity index (χ0v) is 7.97. The highest BCUT2D eigenvalue weighted by atomic mass is 14.9. The molecule has 0 heteroatoms. The molecule has 0 aliphatic heterocycles. The average molecular weight is 162 g/mol. The first-order valence-corrected chi connectivity index (χ1v) is 5.82. The fraction of sp³-hybridized carbons (Fsp3) is 1.00. The van der Waals surface area contributed by atoms with Crippen LogP contribution in [-0.2, 0) is 0 Å². The van der Waals surface area contributed by atoms with Gasteiger partial charge in [-0.25, -0.2) is 0 Å². The topological polar surface area (TPSA) is 0 Å². The molecular weight excluding hydrogens is 144 g/mol. The monoisotopic (exact) mass is 162 g/mol. The van der Waals surface area contributed by atoms with Crippen molar-refractivity contribution in [3.63, 3.8) is 0 Å². The molecule has 5 rings (SSSR count). The Bertz CT molecular complexity index is 251. The van der Waals surface area contributed by atoms with E-state index in [1.54, 1.807) is 32.1 Å². The van der Waals surface area contributed by atoms with Crippen molar-refractivity contribution in [2.45, 2.75) is 45.4 Å². The van der Waals surface area contributed by atoms with Crippen LogP contribution in [0.1, 0.15) is 45.4 Å². The molecule has 5 aliphatic carbocycles. The Hall–Kier alpha value is 0. The van der Waals surface area contributed by atoms with Gasteiger partial charge in [-0.1, -0.05) is 13.3 Å². The van der Waals surface area contributed by atoms with Crippen LogP contribution >= 0.6 is 0 Å². The standard InChI is InChI=1S/C12H18/c1-2-3-10-8-4-9-6-11(9)7-12(10,11)5-8/h8-10H,2-7H2,1H3. The molecule has 0 aromatic rings. The van der Waals surface area contributed by atoms with Crippen molar-refractivity contribution in [3.05, 3.63) is 0 Å². The van der Waals surface area contributed by atoms with Crippen molar-refractivity contribution in [3.8, 4) is 0 Å². The molecule has 0 radical (unpaired) electrons. The van der Waals surface area contributed by atoms with E-state index >= 15 is 0 Å². The Labute approximate surface area is 74.7 Å². The zero-order valence-electron chi connectivity index (χ0n) is 7.97. The normalized spacial score (nSPS) is 69.2. The van der Waals surface area contributed by atoms with E-state index in [0.717, 1.165) is 10.8 Å². The third kappa shape index (κ3) is 0.418. The quantitative estimate of drug-likeness (QED) is 0.585. The smallest absolute Gasteiger partial charge is 0.0199 e. The number of hydrogen-bond acceptors (Lipinski definition) is 0. The summed E-state index contributed by atoms with van der Waals surface area (Å²) in [5.41, 5.74) is 1.96. The molecule has 12 heavy (non-hydrogen) atoms. The van der Waals surface area contributed by atoms with Gasteiger partial charge in [0.15, 0.2) is 0 Å². The summed E-state index contributed by atoms with van der Waals surface area (Å²) in [4.78, 5) is 0. The first kappa shape index (κ1) is 6.45. The van der Waals surface area contributed by atoms with Crippen molar-refractivity contribution in [1.82, 2.24) is 0 Å². The lowest BCUT2D eigenvalue weighted by Crippen LogP contribution is -2.43. The second-order valence-electron chi connectivity index (χ2n) is 5.99. The molecule has 0 amide bonds. The van der Waals surface area contributed by atoms with Gasteiger partial charge in [-0.3, -0.25) is 0 Å². The van der Waals surface area contributed by atoms with Crippen molar-refractivity contribution in [2.75, 3.05) is 0 Å². The Morgan fingerprint density at radius 2 is 2.17 bits per heavy atom. The van der Waals surface area contributed by atoms with Crippen LogP contribution < -0.4 is 0 Å². The van der Waals surface area contributed by atoms with Crippen molar-refractivity contribution >= 4 is 0 Å². The zero-order chi connectivity index (χ0) is 7.97. The molecule has 0 nitrogen and oxygen atoms in total. The summed E-state index contributed by atoms with van der Waals surface area (Å²) >= 11 is 0. The molecule has 0 aromatic heterocycles.